The summed E-state index contributed by atoms with van der Waals surface area (Å²) in [7, 11) is 1.97. The number of hydrogen-bond donors (Lipinski definition) is 1. The van der Waals surface area contributed by atoms with E-state index in [2.05, 4.69) is 4.90 Å². The molecule has 1 rings (SSSR count). The number of hydrogen-bond acceptors (Lipinski definition) is 4. The maximum absolute atomic E-state index is 12.1. The maximum atomic E-state index is 12.1. The van der Waals surface area contributed by atoms with Gasteiger partial charge in [0.2, 0.25) is 0 Å². The van der Waals surface area contributed by atoms with Gasteiger partial charge >= 0.3 is 12.1 Å². The first-order valence-corrected chi connectivity index (χ1v) is 6.59. The molecule has 1 amide bonds. The molecule has 6 nitrogen and oxygen atoms in total. The van der Waals surface area contributed by atoms with Crippen LogP contribution in [0, 0.1) is 0 Å². The zero-order chi connectivity index (χ0) is 14.6. The van der Waals surface area contributed by atoms with Crippen LogP contribution in [0.4, 0.5) is 4.79 Å². The summed E-state index contributed by atoms with van der Waals surface area (Å²) in [6.07, 6.45) is 0.174. The Labute approximate surface area is 114 Å². The molecule has 1 atom stereocenters. The molecule has 0 aromatic carbocycles. The summed E-state index contributed by atoms with van der Waals surface area (Å²) in [5.41, 5.74) is -0.530. The highest BCUT2D eigenvalue weighted by Crippen LogP contribution is 2.18. The summed E-state index contributed by atoms with van der Waals surface area (Å²) in [6.45, 7) is 7.53. The number of aliphatic carboxylic acids is 1. The van der Waals surface area contributed by atoms with Crippen molar-refractivity contribution in [2.45, 2.75) is 45.3 Å². The Morgan fingerprint density at radius 1 is 1.32 bits per heavy atom. The minimum absolute atomic E-state index is 0.0673. The number of amides is 1. The standard InChI is InChI=1S/C13H24N2O4/c1-13(2,3)19-12(18)15-8-7-14(4)9-10(15)5-6-11(16)17/h10H,5-9H2,1-4H3,(H,16,17). The third-order valence-corrected chi connectivity index (χ3v) is 3.01. The molecule has 0 aromatic heterocycles. The average molecular weight is 272 g/mol. The van der Waals surface area contributed by atoms with E-state index in [1.165, 1.54) is 0 Å². The van der Waals surface area contributed by atoms with Crippen LogP contribution in [0.5, 0.6) is 0 Å². The quantitative estimate of drug-likeness (QED) is 0.841. The molecule has 19 heavy (non-hydrogen) atoms. The van der Waals surface area contributed by atoms with Gasteiger partial charge in [0.05, 0.1) is 0 Å². The Hall–Kier alpha value is -1.30. The molecule has 110 valence electrons. The van der Waals surface area contributed by atoms with Gasteiger partial charge in [-0.05, 0) is 34.2 Å². The SMILES string of the molecule is CN1CCN(C(=O)OC(C)(C)C)C(CCC(=O)O)C1. The predicted octanol–water partition coefficient (Wildman–Crippen LogP) is 1.40. The Morgan fingerprint density at radius 2 is 1.95 bits per heavy atom. The molecule has 1 unspecified atom stereocenters. The van der Waals surface area contributed by atoms with E-state index >= 15 is 0 Å². The van der Waals surface area contributed by atoms with Crippen molar-refractivity contribution in [1.29, 1.82) is 0 Å². The molecular weight excluding hydrogens is 248 g/mol. The fourth-order valence-corrected chi connectivity index (χ4v) is 2.11. The van der Waals surface area contributed by atoms with Crippen LogP contribution in [0.2, 0.25) is 0 Å². The number of carboxylic acids is 1. The van der Waals surface area contributed by atoms with Gasteiger partial charge in [0.15, 0.2) is 0 Å². The van der Waals surface area contributed by atoms with Crippen molar-refractivity contribution in [2.24, 2.45) is 0 Å². The van der Waals surface area contributed by atoms with Gasteiger partial charge in [-0.1, -0.05) is 0 Å². The van der Waals surface area contributed by atoms with Crippen molar-refractivity contribution in [3.63, 3.8) is 0 Å². The first kappa shape index (κ1) is 15.8. The van der Waals surface area contributed by atoms with Gasteiger partial charge in [-0.3, -0.25) is 4.79 Å². The van der Waals surface area contributed by atoms with Crippen LogP contribution >= 0.6 is 0 Å². The molecule has 1 saturated heterocycles. The summed E-state index contributed by atoms with van der Waals surface area (Å²) >= 11 is 0. The number of likely N-dealkylation sites (N-methyl/N-ethyl adjacent to an activating group) is 1. The van der Waals surface area contributed by atoms with Gasteiger partial charge in [-0.15, -0.1) is 0 Å². The topological polar surface area (TPSA) is 70.1 Å². The number of carboxylic acid groups (broad SMARTS) is 1. The van der Waals surface area contributed by atoms with Crippen molar-refractivity contribution in [3.05, 3.63) is 0 Å². The molecule has 1 N–H and O–H groups in total. The second-order valence-electron chi connectivity index (χ2n) is 6.02. The van der Waals surface area contributed by atoms with Gasteiger partial charge in [0.25, 0.3) is 0 Å². The third-order valence-electron chi connectivity index (χ3n) is 3.01. The molecule has 1 aliphatic heterocycles. The van der Waals surface area contributed by atoms with Crippen LogP contribution in [-0.2, 0) is 9.53 Å². The highest BCUT2D eigenvalue weighted by molar-refractivity contribution is 5.69. The normalized spacial score (nSPS) is 21.3. The van der Waals surface area contributed by atoms with Crippen molar-refractivity contribution < 1.29 is 19.4 Å². The lowest BCUT2D eigenvalue weighted by Crippen LogP contribution is -2.55. The molecule has 1 heterocycles. The van der Waals surface area contributed by atoms with E-state index in [9.17, 15) is 9.59 Å². The van der Waals surface area contributed by atoms with E-state index in [4.69, 9.17) is 9.84 Å². The van der Waals surface area contributed by atoms with E-state index in [1.807, 2.05) is 27.8 Å². The first-order chi connectivity index (χ1) is 8.69. The van der Waals surface area contributed by atoms with E-state index in [0.29, 0.717) is 19.5 Å². The lowest BCUT2D eigenvalue weighted by atomic mass is 10.1. The Bertz CT molecular complexity index is 338. The highest BCUT2D eigenvalue weighted by Gasteiger charge is 2.32. The van der Waals surface area contributed by atoms with E-state index in [1.54, 1.807) is 4.90 Å². The zero-order valence-electron chi connectivity index (χ0n) is 12.2. The highest BCUT2D eigenvalue weighted by atomic mass is 16.6. The Kier molecular flexibility index (Phi) is 5.17. The molecule has 1 aliphatic rings. The van der Waals surface area contributed by atoms with Crippen molar-refractivity contribution in [1.82, 2.24) is 9.80 Å². The zero-order valence-corrected chi connectivity index (χ0v) is 12.2. The Balaban J connectivity index is 2.65. The van der Waals surface area contributed by atoms with Crippen LogP contribution in [-0.4, -0.2) is 65.3 Å². The minimum atomic E-state index is -0.836. The van der Waals surface area contributed by atoms with Crippen LogP contribution in [0.1, 0.15) is 33.6 Å². The molecule has 0 radical (unpaired) electrons. The van der Waals surface area contributed by atoms with Gasteiger partial charge in [0, 0.05) is 32.1 Å². The largest absolute Gasteiger partial charge is 0.481 e. The molecule has 6 heteroatoms. The molecule has 1 fully saturated rings. The van der Waals surface area contributed by atoms with Crippen molar-refractivity contribution in [3.8, 4) is 0 Å². The number of nitrogens with zero attached hydrogens (tertiary/aromatic N) is 2. The number of ether oxygens (including phenoxy) is 1. The maximum Gasteiger partial charge on any atom is 0.410 e. The second-order valence-corrected chi connectivity index (χ2v) is 6.02. The molecule has 0 bridgehead atoms. The lowest BCUT2D eigenvalue weighted by molar-refractivity contribution is -0.137. The number of carbonyl (C=O) groups is 2. The van der Waals surface area contributed by atoms with E-state index in [-0.39, 0.29) is 18.6 Å². The van der Waals surface area contributed by atoms with E-state index in [0.717, 1.165) is 6.54 Å². The fraction of sp³-hybridized carbons (Fsp3) is 0.846. The molecule has 0 aliphatic carbocycles. The minimum Gasteiger partial charge on any atom is -0.481 e. The van der Waals surface area contributed by atoms with Crippen molar-refractivity contribution in [2.75, 3.05) is 26.7 Å². The summed E-state index contributed by atoms with van der Waals surface area (Å²) < 4.78 is 5.37. The van der Waals surface area contributed by atoms with Gasteiger partial charge in [0.1, 0.15) is 5.60 Å². The third kappa shape index (κ3) is 5.46. The van der Waals surface area contributed by atoms with Gasteiger partial charge < -0.3 is 19.6 Å². The van der Waals surface area contributed by atoms with Crippen LogP contribution in [0.3, 0.4) is 0 Å². The second kappa shape index (κ2) is 6.23. The molecule has 0 saturated carbocycles. The molecular formula is C13H24N2O4. The first-order valence-electron chi connectivity index (χ1n) is 6.59. The van der Waals surface area contributed by atoms with Crippen LogP contribution < -0.4 is 0 Å². The van der Waals surface area contributed by atoms with E-state index < -0.39 is 11.6 Å². The van der Waals surface area contributed by atoms with Gasteiger partial charge in [-0.25, -0.2) is 4.79 Å². The van der Waals surface area contributed by atoms with Crippen LogP contribution in [0.25, 0.3) is 0 Å². The molecule has 0 aromatic rings. The smallest absolute Gasteiger partial charge is 0.410 e. The lowest BCUT2D eigenvalue weighted by Gasteiger charge is -2.40. The summed E-state index contributed by atoms with van der Waals surface area (Å²) in [4.78, 5) is 26.6. The average Bonchev–Trinajstić information content (AvgIpc) is 2.23. The van der Waals surface area contributed by atoms with Crippen LogP contribution in [0.15, 0.2) is 0 Å². The Morgan fingerprint density at radius 3 is 2.47 bits per heavy atom. The molecule has 0 spiro atoms. The van der Waals surface area contributed by atoms with Gasteiger partial charge in [-0.2, -0.15) is 0 Å². The monoisotopic (exact) mass is 272 g/mol. The fourth-order valence-electron chi connectivity index (χ4n) is 2.11. The summed E-state index contributed by atoms with van der Waals surface area (Å²) in [6, 6.07) is -0.0929. The summed E-state index contributed by atoms with van der Waals surface area (Å²) in [5.74, 6) is -0.836. The predicted molar refractivity (Wildman–Crippen MR) is 71.1 cm³/mol. The number of carbonyl (C=O) groups excluding carboxylic acids is 1. The summed E-state index contributed by atoms with van der Waals surface area (Å²) in [5, 5.41) is 8.77. The van der Waals surface area contributed by atoms with Crippen molar-refractivity contribution >= 4 is 12.1 Å². The number of rotatable bonds is 3. The number of piperazine rings is 1.